The summed E-state index contributed by atoms with van der Waals surface area (Å²) in [5, 5.41) is 0.848. The van der Waals surface area contributed by atoms with Crippen LogP contribution in [0.4, 0.5) is 0 Å². The molecule has 23 heavy (non-hydrogen) atoms. The molecule has 3 heterocycles. The van der Waals surface area contributed by atoms with Crippen molar-refractivity contribution in [3.8, 4) is 22.1 Å². The Morgan fingerprint density at radius 3 is 2.65 bits per heavy atom. The summed E-state index contributed by atoms with van der Waals surface area (Å²) in [5.74, 6) is 1.31. The van der Waals surface area contributed by atoms with E-state index in [1.807, 2.05) is 32.0 Å². The van der Waals surface area contributed by atoms with Crippen molar-refractivity contribution in [2.24, 2.45) is 0 Å². The van der Waals surface area contributed by atoms with E-state index in [0.29, 0.717) is 21.5 Å². The van der Waals surface area contributed by atoms with Crippen LogP contribution < -0.4 is 15.2 Å². The first-order chi connectivity index (χ1) is 11.0. The molecule has 0 fully saturated rings. The van der Waals surface area contributed by atoms with E-state index in [0.717, 1.165) is 15.8 Å². The zero-order valence-corrected chi connectivity index (χ0v) is 14.1. The Labute approximate surface area is 141 Å². The number of nitrogens with zero attached hydrogens (tertiary/aromatic N) is 2. The van der Waals surface area contributed by atoms with Crippen molar-refractivity contribution in [2.75, 3.05) is 6.79 Å². The van der Waals surface area contributed by atoms with Crippen LogP contribution in [0.1, 0.15) is 19.9 Å². The zero-order chi connectivity index (χ0) is 16.1. The van der Waals surface area contributed by atoms with E-state index < -0.39 is 0 Å². The molecule has 4 rings (SSSR count). The molecular formula is C16H13ClN2O3S. The molecule has 0 atom stereocenters. The maximum atomic E-state index is 12.5. The summed E-state index contributed by atoms with van der Waals surface area (Å²) in [4.78, 5) is 17.7. The summed E-state index contributed by atoms with van der Waals surface area (Å²) < 4.78 is 13.2. The minimum Gasteiger partial charge on any atom is -0.454 e. The van der Waals surface area contributed by atoms with Crippen LogP contribution in [0, 0.1) is 0 Å². The number of rotatable bonds is 2. The lowest BCUT2D eigenvalue weighted by Crippen LogP contribution is -2.25. The molecule has 0 aliphatic carbocycles. The average molecular weight is 349 g/mol. The summed E-state index contributed by atoms with van der Waals surface area (Å²) in [6.45, 7) is 4.09. The number of thiophene rings is 1. The van der Waals surface area contributed by atoms with Crippen molar-refractivity contribution in [3.63, 3.8) is 0 Å². The number of hydrogen-bond donors (Lipinski definition) is 0. The summed E-state index contributed by atoms with van der Waals surface area (Å²) in [6, 6.07) is 7.39. The normalized spacial score (nSPS) is 13.2. The van der Waals surface area contributed by atoms with Crippen molar-refractivity contribution in [2.45, 2.75) is 19.9 Å². The minimum absolute atomic E-state index is 0.0150. The molecule has 2 aromatic heterocycles. The lowest BCUT2D eigenvalue weighted by atomic mass is 10.1. The van der Waals surface area contributed by atoms with Gasteiger partial charge in [0.25, 0.3) is 0 Å². The first-order valence-corrected chi connectivity index (χ1v) is 8.35. The maximum Gasteiger partial charge on any atom is 0.348 e. The standard InChI is InChI=1S/C16H13ClN2O3S/c1-8(2)19-10-6-12-11(21-7-22-12)5-9(10)15(18-16(19)20)13-3-4-14(17)23-13/h3-6,8H,7H2,1-2H3. The molecule has 0 radical (unpaired) electrons. The summed E-state index contributed by atoms with van der Waals surface area (Å²) in [6.07, 6.45) is 0. The van der Waals surface area contributed by atoms with Crippen molar-refractivity contribution in [1.82, 2.24) is 9.55 Å². The van der Waals surface area contributed by atoms with Gasteiger partial charge in [-0.25, -0.2) is 4.79 Å². The van der Waals surface area contributed by atoms with E-state index in [2.05, 4.69) is 4.98 Å². The molecular weight excluding hydrogens is 336 g/mol. The van der Waals surface area contributed by atoms with E-state index in [-0.39, 0.29) is 18.5 Å². The molecule has 0 spiro atoms. The summed E-state index contributed by atoms with van der Waals surface area (Å²) >= 11 is 7.43. The largest absolute Gasteiger partial charge is 0.454 e. The molecule has 0 bridgehead atoms. The van der Waals surface area contributed by atoms with E-state index in [1.54, 1.807) is 10.6 Å². The molecule has 0 N–H and O–H groups in total. The SMILES string of the molecule is CC(C)n1c(=O)nc(-c2ccc(Cl)s2)c2cc3c(cc21)OCO3. The third kappa shape index (κ3) is 2.29. The van der Waals surface area contributed by atoms with Gasteiger partial charge in [-0.15, -0.1) is 11.3 Å². The summed E-state index contributed by atoms with van der Waals surface area (Å²) in [5.41, 5.74) is 1.12. The molecule has 1 aliphatic rings. The van der Waals surface area contributed by atoms with Crippen LogP contribution in [0.25, 0.3) is 21.5 Å². The Morgan fingerprint density at radius 2 is 2.00 bits per heavy atom. The highest BCUT2D eigenvalue weighted by atomic mass is 35.5. The van der Waals surface area contributed by atoms with Crippen LogP contribution in [-0.4, -0.2) is 16.3 Å². The Hall–Kier alpha value is -2.05. The van der Waals surface area contributed by atoms with E-state index in [9.17, 15) is 4.79 Å². The molecule has 1 aromatic carbocycles. The molecule has 0 saturated heterocycles. The molecule has 0 saturated carbocycles. The van der Waals surface area contributed by atoms with Gasteiger partial charge in [0.15, 0.2) is 11.5 Å². The fourth-order valence-corrected chi connectivity index (χ4v) is 3.81. The molecule has 1 aliphatic heterocycles. The Kier molecular flexibility index (Phi) is 3.32. The first-order valence-electron chi connectivity index (χ1n) is 7.16. The van der Waals surface area contributed by atoms with Gasteiger partial charge in [-0.2, -0.15) is 4.98 Å². The highest BCUT2D eigenvalue weighted by Crippen LogP contribution is 2.40. The molecule has 5 nitrogen and oxygen atoms in total. The number of hydrogen-bond acceptors (Lipinski definition) is 5. The van der Waals surface area contributed by atoms with Crippen LogP contribution >= 0.6 is 22.9 Å². The Morgan fingerprint density at radius 1 is 1.26 bits per heavy atom. The van der Waals surface area contributed by atoms with Crippen molar-refractivity contribution in [3.05, 3.63) is 39.1 Å². The van der Waals surface area contributed by atoms with Gasteiger partial charge in [0.05, 0.1) is 20.4 Å². The lowest BCUT2D eigenvalue weighted by Gasteiger charge is -2.15. The van der Waals surface area contributed by atoms with Gasteiger partial charge in [0.2, 0.25) is 6.79 Å². The topological polar surface area (TPSA) is 53.4 Å². The Balaban J connectivity index is 2.12. The second kappa shape index (κ2) is 5.25. The number of fused-ring (bicyclic) bond motifs is 2. The van der Waals surface area contributed by atoms with Gasteiger partial charge < -0.3 is 9.47 Å². The fourth-order valence-electron chi connectivity index (χ4n) is 2.76. The van der Waals surface area contributed by atoms with E-state index >= 15 is 0 Å². The van der Waals surface area contributed by atoms with E-state index in [1.165, 1.54) is 11.3 Å². The van der Waals surface area contributed by atoms with Crippen LogP contribution in [-0.2, 0) is 0 Å². The zero-order valence-electron chi connectivity index (χ0n) is 12.5. The van der Waals surface area contributed by atoms with E-state index in [4.69, 9.17) is 21.1 Å². The number of benzene rings is 1. The number of halogens is 1. The van der Waals surface area contributed by atoms with Crippen LogP contribution in [0.15, 0.2) is 29.1 Å². The van der Waals surface area contributed by atoms with Crippen molar-refractivity contribution >= 4 is 33.8 Å². The lowest BCUT2D eigenvalue weighted by molar-refractivity contribution is 0.174. The van der Waals surface area contributed by atoms with Gasteiger partial charge in [-0.3, -0.25) is 4.57 Å². The third-order valence-corrected chi connectivity index (χ3v) is 4.98. The maximum absolute atomic E-state index is 12.5. The molecule has 7 heteroatoms. The third-order valence-electron chi connectivity index (χ3n) is 3.74. The Bertz CT molecular complexity index is 977. The molecule has 0 unspecified atom stereocenters. The summed E-state index contributed by atoms with van der Waals surface area (Å²) in [7, 11) is 0. The molecule has 3 aromatic rings. The fraction of sp³-hybridized carbons (Fsp3) is 0.250. The van der Waals surface area contributed by atoms with Gasteiger partial charge in [0.1, 0.15) is 0 Å². The number of aromatic nitrogens is 2. The van der Waals surface area contributed by atoms with Gasteiger partial charge >= 0.3 is 5.69 Å². The second-order valence-electron chi connectivity index (χ2n) is 5.53. The van der Waals surface area contributed by atoms with Crippen LogP contribution in [0.5, 0.6) is 11.5 Å². The molecule has 118 valence electrons. The average Bonchev–Trinajstić information content (AvgIpc) is 3.12. The number of ether oxygens (including phenoxy) is 2. The smallest absolute Gasteiger partial charge is 0.348 e. The minimum atomic E-state index is -0.286. The second-order valence-corrected chi connectivity index (χ2v) is 7.25. The van der Waals surface area contributed by atoms with Gasteiger partial charge in [-0.1, -0.05) is 11.6 Å². The van der Waals surface area contributed by atoms with Crippen LogP contribution in [0.2, 0.25) is 4.34 Å². The highest BCUT2D eigenvalue weighted by Gasteiger charge is 2.21. The monoisotopic (exact) mass is 348 g/mol. The van der Waals surface area contributed by atoms with Crippen LogP contribution in [0.3, 0.4) is 0 Å². The molecule has 0 amide bonds. The predicted octanol–water partition coefficient (Wildman–Crippen LogP) is 4.09. The van der Waals surface area contributed by atoms with Crippen molar-refractivity contribution < 1.29 is 9.47 Å². The first kappa shape index (κ1) is 14.5. The predicted molar refractivity (Wildman–Crippen MR) is 90.8 cm³/mol. The van der Waals surface area contributed by atoms with Gasteiger partial charge in [0, 0.05) is 17.5 Å². The van der Waals surface area contributed by atoms with Crippen molar-refractivity contribution in [1.29, 1.82) is 0 Å². The van der Waals surface area contributed by atoms with Gasteiger partial charge in [-0.05, 0) is 32.0 Å². The highest BCUT2D eigenvalue weighted by molar-refractivity contribution is 7.19. The quantitative estimate of drug-likeness (QED) is 0.700.